The first-order chi connectivity index (χ1) is 31.2. The highest BCUT2D eigenvalue weighted by molar-refractivity contribution is 7.19. The second-order valence-electron chi connectivity index (χ2n) is 15.8. The Hall–Kier alpha value is -8.26. The second kappa shape index (κ2) is 15.0. The van der Waals surface area contributed by atoms with E-state index in [9.17, 15) is 0 Å². The van der Waals surface area contributed by atoms with E-state index in [1.165, 1.54) is 20.7 Å². The molecule has 0 radical (unpaired) electrons. The van der Waals surface area contributed by atoms with Crippen LogP contribution in [-0.4, -0.2) is 32.6 Å². The molecular weight excluding hydrogens is 787 g/mol. The maximum absolute atomic E-state index is 6.32. The largest absolute Gasteiger partial charge is 0.454 e. The average Bonchev–Trinajstić information content (AvgIpc) is 3.91. The van der Waals surface area contributed by atoms with Crippen molar-refractivity contribution in [2.75, 3.05) is 0 Å². The van der Waals surface area contributed by atoms with Gasteiger partial charge in [0, 0.05) is 38.9 Å². The summed E-state index contributed by atoms with van der Waals surface area (Å²) in [5.41, 5.74) is 7.48. The van der Waals surface area contributed by atoms with Gasteiger partial charge in [-0.2, -0.15) is 9.97 Å². The van der Waals surface area contributed by atoms with E-state index in [-0.39, 0.29) is 0 Å². The predicted molar refractivity (Wildman–Crippen MR) is 259 cm³/mol. The van der Waals surface area contributed by atoms with Gasteiger partial charge in [0.25, 0.3) is 0 Å². The van der Waals surface area contributed by atoms with E-state index in [0.717, 1.165) is 60.4 Å². The molecule has 6 nitrogen and oxygen atoms in total. The van der Waals surface area contributed by atoms with E-state index in [2.05, 4.69) is 198 Å². The molecule has 0 saturated carbocycles. The molecule has 0 atom stereocenters. The highest BCUT2D eigenvalue weighted by Crippen LogP contribution is 2.38. The minimum Gasteiger partial charge on any atom is -0.454 e. The monoisotopic (exact) mass is 823 g/mol. The molecule has 4 heterocycles. The van der Waals surface area contributed by atoms with Crippen LogP contribution in [0.4, 0.5) is 0 Å². The Balaban J connectivity index is 1.11. The number of rotatable bonds is 8. The van der Waals surface area contributed by atoms with E-state index >= 15 is 0 Å². The SMILES string of the molecule is c1ccc(-c2ccc3c4ccccc4n(-c4nc(-c5ccc([Si](c6ccccc6)(c6ccccc6)c6ccccc6)cc5)nc(-c5cccc6oc7cnccc7c56)n4)c3c2)cc1. The molecule has 4 aromatic heterocycles. The molecule has 0 N–H and O–H groups in total. The lowest BCUT2D eigenvalue weighted by molar-refractivity contribution is 0.667. The molecule has 296 valence electrons. The van der Waals surface area contributed by atoms with Crippen LogP contribution in [0.5, 0.6) is 0 Å². The van der Waals surface area contributed by atoms with Gasteiger partial charge in [-0.1, -0.05) is 188 Å². The predicted octanol–water partition coefficient (Wildman–Crippen LogP) is 10.6. The molecule has 0 aliphatic rings. The molecule has 0 aliphatic heterocycles. The third-order valence-corrected chi connectivity index (χ3v) is 17.1. The van der Waals surface area contributed by atoms with Crippen LogP contribution < -0.4 is 20.7 Å². The van der Waals surface area contributed by atoms with Gasteiger partial charge in [0.1, 0.15) is 5.58 Å². The van der Waals surface area contributed by atoms with Crippen molar-refractivity contribution in [3.05, 3.63) is 225 Å². The molecule has 7 heteroatoms. The minimum absolute atomic E-state index is 0.531. The third-order valence-electron chi connectivity index (χ3n) is 12.3. The summed E-state index contributed by atoms with van der Waals surface area (Å²) in [6, 6.07) is 75.6. The zero-order valence-corrected chi connectivity index (χ0v) is 35.0. The van der Waals surface area contributed by atoms with E-state index in [1.54, 1.807) is 12.4 Å². The standard InChI is InChI=1S/C56H37N5OSi/c1-5-16-38(17-6-1)40-30-33-46-45-24-13-14-26-49(45)61(50(46)36-40)56-59-54(58-55(60-56)48-25-15-27-51-53(48)47-34-35-57-37-52(47)62-51)39-28-31-44(32-29-39)63(41-18-7-2-8-19-41,42-20-9-3-10-21-42)43-22-11-4-12-23-43/h1-37H. The molecule has 0 unspecified atom stereocenters. The molecular formula is C56H37N5OSi. The molecule has 0 amide bonds. The summed E-state index contributed by atoms with van der Waals surface area (Å²) in [4.78, 5) is 20.4. The number of benzene rings is 8. The van der Waals surface area contributed by atoms with Crippen LogP contribution >= 0.6 is 0 Å². The minimum atomic E-state index is -2.76. The number of para-hydroxylation sites is 1. The summed E-state index contributed by atoms with van der Waals surface area (Å²) in [6.45, 7) is 0. The van der Waals surface area contributed by atoms with E-state index < -0.39 is 8.07 Å². The summed E-state index contributed by atoms with van der Waals surface area (Å²) in [5.74, 6) is 1.66. The van der Waals surface area contributed by atoms with Crippen molar-refractivity contribution >= 4 is 72.6 Å². The first-order valence-corrected chi connectivity index (χ1v) is 23.1. The fourth-order valence-corrected chi connectivity index (χ4v) is 14.3. The number of pyridine rings is 1. The van der Waals surface area contributed by atoms with Gasteiger partial charge in [-0.3, -0.25) is 9.55 Å². The van der Waals surface area contributed by atoms with Crippen LogP contribution in [0.25, 0.3) is 83.6 Å². The second-order valence-corrected chi connectivity index (χ2v) is 19.6. The van der Waals surface area contributed by atoms with Gasteiger partial charge in [-0.25, -0.2) is 4.98 Å². The number of hydrogen-bond donors (Lipinski definition) is 0. The fraction of sp³-hybridized carbons (Fsp3) is 0. The maximum atomic E-state index is 6.32. The summed E-state index contributed by atoms with van der Waals surface area (Å²) >= 11 is 0. The van der Waals surface area contributed by atoms with Crippen molar-refractivity contribution in [2.45, 2.75) is 0 Å². The molecule has 8 aromatic carbocycles. The Bertz CT molecular complexity index is 3510. The van der Waals surface area contributed by atoms with Crippen molar-refractivity contribution in [3.8, 4) is 39.9 Å². The lowest BCUT2D eigenvalue weighted by Crippen LogP contribution is -2.74. The van der Waals surface area contributed by atoms with E-state index in [4.69, 9.17) is 19.4 Å². The summed E-state index contributed by atoms with van der Waals surface area (Å²) < 4.78 is 8.51. The molecule has 0 fully saturated rings. The van der Waals surface area contributed by atoms with Crippen molar-refractivity contribution in [2.24, 2.45) is 0 Å². The van der Waals surface area contributed by atoms with Gasteiger partial charge in [-0.15, -0.1) is 0 Å². The van der Waals surface area contributed by atoms with Gasteiger partial charge < -0.3 is 4.42 Å². The third kappa shape index (κ3) is 6.01. The summed E-state index contributed by atoms with van der Waals surface area (Å²) in [6.07, 6.45) is 3.56. The lowest BCUT2D eigenvalue weighted by Gasteiger charge is -2.34. The number of nitrogens with zero attached hydrogens (tertiary/aromatic N) is 5. The Labute approximate surface area is 364 Å². The first kappa shape index (κ1) is 36.6. The molecule has 12 rings (SSSR count). The first-order valence-electron chi connectivity index (χ1n) is 21.1. The van der Waals surface area contributed by atoms with Crippen LogP contribution in [-0.2, 0) is 0 Å². The van der Waals surface area contributed by atoms with E-state index in [1.807, 2.05) is 24.3 Å². The number of hydrogen-bond acceptors (Lipinski definition) is 5. The lowest BCUT2D eigenvalue weighted by atomic mass is 10.0. The van der Waals surface area contributed by atoms with Crippen LogP contribution in [0.3, 0.4) is 0 Å². The van der Waals surface area contributed by atoms with Gasteiger partial charge in [0.15, 0.2) is 25.3 Å². The van der Waals surface area contributed by atoms with Crippen molar-refractivity contribution in [3.63, 3.8) is 0 Å². The smallest absolute Gasteiger partial charge is 0.238 e. The normalized spacial score (nSPS) is 11.8. The van der Waals surface area contributed by atoms with Gasteiger partial charge in [0.05, 0.1) is 17.2 Å². The van der Waals surface area contributed by atoms with Crippen LogP contribution in [0.15, 0.2) is 229 Å². The molecule has 0 aliphatic carbocycles. The Kier molecular flexibility index (Phi) is 8.72. The van der Waals surface area contributed by atoms with Crippen LogP contribution in [0.2, 0.25) is 0 Å². The fourth-order valence-electron chi connectivity index (χ4n) is 9.51. The quantitative estimate of drug-likeness (QED) is 0.113. The number of aromatic nitrogens is 5. The maximum Gasteiger partial charge on any atom is 0.238 e. The number of furan rings is 1. The molecule has 0 spiro atoms. The van der Waals surface area contributed by atoms with Crippen LogP contribution in [0, 0.1) is 0 Å². The zero-order chi connectivity index (χ0) is 41.7. The summed E-state index contributed by atoms with van der Waals surface area (Å²) in [7, 11) is -2.76. The van der Waals surface area contributed by atoms with Gasteiger partial charge in [0.2, 0.25) is 5.95 Å². The highest BCUT2D eigenvalue weighted by atomic mass is 28.3. The molecule has 0 saturated heterocycles. The van der Waals surface area contributed by atoms with Crippen molar-refractivity contribution in [1.29, 1.82) is 0 Å². The van der Waals surface area contributed by atoms with Crippen molar-refractivity contribution in [1.82, 2.24) is 24.5 Å². The molecule has 0 bridgehead atoms. The van der Waals surface area contributed by atoms with E-state index in [0.29, 0.717) is 23.2 Å². The molecule has 12 aromatic rings. The summed E-state index contributed by atoms with van der Waals surface area (Å²) in [5, 5.41) is 9.36. The Morgan fingerprint density at radius 3 is 1.68 bits per heavy atom. The topological polar surface area (TPSA) is 69.6 Å². The van der Waals surface area contributed by atoms with Gasteiger partial charge in [-0.05, 0) is 56.1 Å². The Morgan fingerprint density at radius 1 is 0.397 bits per heavy atom. The van der Waals surface area contributed by atoms with Gasteiger partial charge >= 0.3 is 0 Å². The highest BCUT2D eigenvalue weighted by Gasteiger charge is 2.41. The van der Waals surface area contributed by atoms with Crippen molar-refractivity contribution < 1.29 is 4.42 Å². The average molecular weight is 824 g/mol. The number of fused-ring (bicyclic) bond motifs is 6. The Morgan fingerprint density at radius 2 is 0.984 bits per heavy atom. The molecule has 63 heavy (non-hydrogen) atoms. The van der Waals surface area contributed by atoms with Crippen LogP contribution in [0.1, 0.15) is 0 Å². The zero-order valence-electron chi connectivity index (χ0n) is 34.0.